The third-order valence-electron chi connectivity index (χ3n) is 3.95. The largest absolute Gasteiger partial charge is 0.508 e. The summed E-state index contributed by atoms with van der Waals surface area (Å²) in [5.74, 6) is 0.343. The molecule has 112 valence electrons. The molecule has 0 unspecified atom stereocenters. The van der Waals surface area contributed by atoms with Crippen LogP contribution in [0.1, 0.15) is 24.8 Å². The van der Waals surface area contributed by atoms with E-state index in [4.69, 9.17) is 5.73 Å². The van der Waals surface area contributed by atoms with Gasteiger partial charge >= 0.3 is 0 Å². The summed E-state index contributed by atoms with van der Waals surface area (Å²) in [5.41, 5.74) is 6.83. The van der Waals surface area contributed by atoms with Gasteiger partial charge in [-0.25, -0.2) is 0 Å². The molecule has 1 saturated heterocycles. The van der Waals surface area contributed by atoms with E-state index in [2.05, 4.69) is 9.80 Å². The highest BCUT2D eigenvalue weighted by Gasteiger charge is 2.14. The Labute approximate surface area is 122 Å². The minimum atomic E-state index is 0.343. The maximum absolute atomic E-state index is 9.32. The average Bonchev–Trinajstić information content (AvgIpc) is 2.67. The first-order chi connectivity index (χ1) is 9.78. The number of phenols is 1. The molecule has 0 atom stereocenters. The molecule has 2 rings (SSSR count). The number of nitrogens with two attached hydrogens (primary N) is 1. The predicted octanol–water partition coefficient (Wildman–Crippen LogP) is 1.64. The molecule has 1 aromatic carbocycles. The van der Waals surface area contributed by atoms with Crippen LogP contribution in [0.15, 0.2) is 24.3 Å². The number of phenolic OH excluding ortho intramolecular Hbond substituents is 1. The highest BCUT2D eigenvalue weighted by molar-refractivity contribution is 5.25. The number of benzene rings is 1. The van der Waals surface area contributed by atoms with Crippen molar-refractivity contribution >= 4 is 0 Å². The predicted molar refractivity (Wildman–Crippen MR) is 82.7 cm³/mol. The van der Waals surface area contributed by atoms with Gasteiger partial charge < -0.3 is 15.7 Å². The Morgan fingerprint density at radius 1 is 0.950 bits per heavy atom. The molecule has 20 heavy (non-hydrogen) atoms. The first-order valence-electron chi connectivity index (χ1n) is 7.70. The van der Waals surface area contributed by atoms with E-state index in [-0.39, 0.29) is 0 Å². The van der Waals surface area contributed by atoms with Gasteiger partial charge in [-0.1, -0.05) is 12.1 Å². The lowest BCUT2D eigenvalue weighted by Crippen LogP contribution is -2.31. The van der Waals surface area contributed by atoms with Crippen LogP contribution in [0.3, 0.4) is 0 Å². The molecule has 4 nitrogen and oxygen atoms in total. The third kappa shape index (κ3) is 5.12. The van der Waals surface area contributed by atoms with Crippen molar-refractivity contribution in [1.82, 2.24) is 9.80 Å². The summed E-state index contributed by atoms with van der Waals surface area (Å²) in [6.45, 7) is 7.62. The van der Waals surface area contributed by atoms with Crippen LogP contribution >= 0.6 is 0 Å². The topological polar surface area (TPSA) is 52.7 Å². The second-order valence-electron chi connectivity index (χ2n) is 5.63. The smallest absolute Gasteiger partial charge is 0.115 e. The fraction of sp³-hybridized carbons (Fsp3) is 0.625. The molecule has 1 aromatic rings. The molecule has 1 aliphatic heterocycles. The van der Waals surface area contributed by atoms with Crippen LogP contribution in [-0.4, -0.2) is 54.2 Å². The second kappa shape index (κ2) is 8.25. The summed E-state index contributed by atoms with van der Waals surface area (Å²) in [4.78, 5) is 5.07. The van der Waals surface area contributed by atoms with E-state index in [1.165, 1.54) is 31.5 Å². The number of aromatic hydroxyl groups is 1. The summed E-state index contributed by atoms with van der Waals surface area (Å²) in [5, 5.41) is 9.32. The van der Waals surface area contributed by atoms with Crippen LogP contribution in [0, 0.1) is 0 Å². The molecule has 0 spiro atoms. The zero-order chi connectivity index (χ0) is 14.2. The molecule has 1 fully saturated rings. The van der Waals surface area contributed by atoms with Gasteiger partial charge in [0.05, 0.1) is 0 Å². The van der Waals surface area contributed by atoms with Gasteiger partial charge in [-0.3, -0.25) is 4.90 Å². The van der Waals surface area contributed by atoms with Gasteiger partial charge in [0.1, 0.15) is 5.75 Å². The molecule has 0 radical (unpaired) electrons. The van der Waals surface area contributed by atoms with E-state index < -0.39 is 0 Å². The van der Waals surface area contributed by atoms with Crippen molar-refractivity contribution < 1.29 is 5.11 Å². The Morgan fingerprint density at radius 2 is 1.65 bits per heavy atom. The summed E-state index contributed by atoms with van der Waals surface area (Å²) >= 11 is 0. The standard InChI is InChI=1S/C16H27N3O/c17-8-1-2-9-18-10-3-11-19(13-12-18)14-15-4-6-16(20)7-5-15/h4-7,20H,1-3,8-14,17H2. The van der Waals surface area contributed by atoms with Crippen LogP contribution in [-0.2, 0) is 6.54 Å². The number of unbranched alkanes of at least 4 members (excludes halogenated alkanes) is 1. The Balaban J connectivity index is 1.76. The van der Waals surface area contributed by atoms with Gasteiger partial charge in [0.15, 0.2) is 0 Å². The number of nitrogens with zero attached hydrogens (tertiary/aromatic N) is 2. The summed E-state index contributed by atoms with van der Waals surface area (Å²) in [6, 6.07) is 7.57. The Morgan fingerprint density at radius 3 is 2.40 bits per heavy atom. The van der Waals surface area contributed by atoms with Crippen molar-refractivity contribution in [3.63, 3.8) is 0 Å². The van der Waals surface area contributed by atoms with Crippen LogP contribution in [0.25, 0.3) is 0 Å². The fourth-order valence-corrected chi connectivity index (χ4v) is 2.75. The molecule has 0 aromatic heterocycles. The van der Waals surface area contributed by atoms with Crippen molar-refractivity contribution in [2.24, 2.45) is 5.73 Å². The SMILES string of the molecule is NCCCCN1CCCN(Cc2ccc(O)cc2)CC1. The first-order valence-corrected chi connectivity index (χ1v) is 7.70. The average molecular weight is 277 g/mol. The molecule has 0 amide bonds. The Kier molecular flexibility index (Phi) is 6.30. The van der Waals surface area contributed by atoms with E-state index in [0.717, 1.165) is 39.1 Å². The minimum absolute atomic E-state index is 0.343. The molecular formula is C16H27N3O. The highest BCUT2D eigenvalue weighted by atomic mass is 16.3. The van der Waals surface area contributed by atoms with E-state index in [1.807, 2.05) is 12.1 Å². The Bertz CT molecular complexity index is 380. The van der Waals surface area contributed by atoms with Crippen LogP contribution < -0.4 is 5.73 Å². The fourth-order valence-electron chi connectivity index (χ4n) is 2.75. The first kappa shape index (κ1) is 15.3. The summed E-state index contributed by atoms with van der Waals surface area (Å²) < 4.78 is 0. The van der Waals surface area contributed by atoms with Crippen molar-refractivity contribution in [3.8, 4) is 5.75 Å². The third-order valence-corrected chi connectivity index (χ3v) is 3.95. The molecule has 0 saturated carbocycles. The molecule has 3 N–H and O–H groups in total. The minimum Gasteiger partial charge on any atom is -0.508 e. The molecule has 0 bridgehead atoms. The highest BCUT2D eigenvalue weighted by Crippen LogP contribution is 2.13. The van der Waals surface area contributed by atoms with Crippen LogP contribution in [0.5, 0.6) is 5.75 Å². The molecule has 0 aliphatic carbocycles. The number of rotatable bonds is 6. The monoisotopic (exact) mass is 277 g/mol. The zero-order valence-corrected chi connectivity index (χ0v) is 12.3. The Hall–Kier alpha value is -1.10. The number of hydrogen-bond acceptors (Lipinski definition) is 4. The molecular weight excluding hydrogens is 250 g/mol. The normalized spacial score (nSPS) is 18.1. The maximum atomic E-state index is 9.32. The van der Waals surface area contributed by atoms with Crippen molar-refractivity contribution in [3.05, 3.63) is 29.8 Å². The quantitative estimate of drug-likeness (QED) is 0.776. The molecule has 1 aliphatic rings. The van der Waals surface area contributed by atoms with E-state index in [1.54, 1.807) is 12.1 Å². The van der Waals surface area contributed by atoms with Gasteiger partial charge in [0, 0.05) is 19.6 Å². The van der Waals surface area contributed by atoms with E-state index >= 15 is 0 Å². The van der Waals surface area contributed by atoms with Gasteiger partial charge in [-0.05, 0) is 63.1 Å². The second-order valence-corrected chi connectivity index (χ2v) is 5.63. The lowest BCUT2D eigenvalue weighted by molar-refractivity contribution is 0.249. The lowest BCUT2D eigenvalue weighted by atomic mass is 10.2. The zero-order valence-electron chi connectivity index (χ0n) is 12.3. The van der Waals surface area contributed by atoms with Gasteiger partial charge in [-0.15, -0.1) is 0 Å². The van der Waals surface area contributed by atoms with Gasteiger partial charge in [-0.2, -0.15) is 0 Å². The van der Waals surface area contributed by atoms with Crippen molar-refractivity contribution in [2.45, 2.75) is 25.8 Å². The van der Waals surface area contributed by atoms with Crippen molar-refractivity contribution in [1.29, 1.82) is 0 Å². The van der Waals surface area contributed by atoms with E-state index in [0.29, 0.717) is 5.75 Å². The summed E-state index contributed by atoms with van der Waals surface area (Å²) in [7, 11) is 0. The van der Waals surface area contributed by atoms with Crippen LogP contribution in [0.2, 0.25) is 0 Å². The van der Waals surface area contributed by atoms with Crippen LogP contribution in [0.4, 0.5) is 0 Å². The molecule has 4 heteroatoms. The van der Waals surface area contributed by atoms with E-state index in [9.17, 15) is 5.11 Å². The lowest BCUT2D eigenvalue weighted by Gasteiger charge is -2.21. The molecule has 1 heterocycles. The maximum Gasteiger partial charge on any atom is 0.115 e. The number of hydrogen-bond donors (Lipinski definition) is 2. The van der Waals surface area contributed by atoms with Gasteiger partial charge in [0.2, 0.25) is 0 Å². The van der Waals surface area contributed by atoms with Crippen molar-refractivity contribution in [2.75, 3.05) is 39.3 Å². The van der Waals surface area contributed by atoms with Gasteiger partial charge in [0.25, 0.3) is 0 Å². The summed E-state index contributed by atoms with van der Waals surface area (Å²) in [6.07, 6.45) is 3.59.